The standard InChI is InChI=1S/C16H19F/c1-10(2)12-7-13-8-14(17)5-6-15(13)16(9-12)11(3)4/h5-11H,1-4H3. The fourth-order valence-electron chi connectivity index (χ4n) is 2.21. The van der Waals surface area contributed by atoms with Crippen LogP contribution in [0.1, 0.15) is 50.7 Å². The van der Waals surface area contributed by atoms with E-state index in [1.807, 2.05) is 6.07 Å². The van der Waals surface area contributed by atoms with Crippen LogP contribution in [0.3, 0.4) is 0 Å². The lowest BCUT2D eigenvalue weighted by molar-refractivity contribution is 0.629. The Morgan fingerprint density at radius 2 is 1.59 bits per heavy atom. The first kappa shape index (κ1) is 12.1. The second-order valence-electron chi connectivity index (χ2n) is 5.28. The number of hydrogen-bond acceptors (Lipinski definition) is 0. The first-order valence-corrected chi connectivity index (χ1v) is 6.22. The predicted molar refractivity (Wildman–Crippen MR) is 72.1 cm³/mol. The van der Waals surface area contributed by atoms with Crippen LogP contribution >= 0.6 is 0 Å². The van der Waals surface area contributed by atoms with Crippen molar-refractivity contribution in [2.24, 2.45) is 0 Å². The van der Waals surface area contributed by atoms with E-state index in [0.29, 0.717) is 11.8 Å². The van der Waals surface area contributed by atoms with Crippen molar-refractivity contribution in [2.45, 2.75) is 39.5 Å². The van der Waals surface area contributed by atoms with Crippen LogP contribution in [-0.2, 0) is 0 Å². The molecular formula is C16H19F. The molecule has 2 aromatic rings. The average molecular weight is 230 g/mol. The molecule has 0 N–H and O–H groups in total. The third-order valence-corrected chi connectivity index (χ3v) is 3.26. The number of halogens is 1. The Hall–Kier alpha value is -1.37. The van der Waals surface area contributed by atoms with Gasteiger partial charge >= 0.3 is 0 Å². The second kappa shape index (κ2) is 4.48. The van der Waals surface area contributed by atoms with E-state index in [4.69, 9.17) is 0 Å². The van der Waals surface area contributed by atoms with Crippen molar-refractivity contribution < 1.29 is 4.39 Å². The van der Waals surface area contributed by atoms with E-state index in [1.54, 1.807) is 12.1 Å². The van der Waals surface area contributed by atoms with E-state index >= 15 is 0 Å². The predicted octanol–water partition coefficient (Wildman–Crippen LogP) is 5.23. The summed E-state index contributed by atoms with van der Waals surface area (Å²) in [5, 5.41) is 2.19. The summed E-state index contributed by atoms with van der Waals surface area (Å²) in [5.41, 5.74) is 2.60. The van der Waals surface area contributed by atoms with Gasteiger partial charge in [-0.1, -0.05) is 45.9 Å². The highest BCUT2D eigenvalue weighted by Gasteiger charge is 2.10. The molecule has 0 aromatic heterocycles. The Morgan fingerprint density at radius 3 is 2.18 bits per heavy atom. The zero-order valence-electron chi connectivity index (χ0n) is 10.9. The Balaban J connectivity index is 2.76. The summed E-state index contributed by atoms with van der Waals surface area (Å²) >= 11 is 0. The highest BCUT2D eigenvalue weighted by atomic mass is 19.1. The molecule has 0 bridgehead atoms. The SMILES string of the molecule is CC(C)c1cc(C(C)C)c2ccc(F)cc2c1. The third-order valence-electron chi connectivity index (χ3n) is 3.26. The van der Waals surface area contributed by atoms with Crippen LogP contribution in [0, 0.1) is 5.82 Å². The van der Waals surface area contributed by atoms with Crippen molar-refractivity contribution in [1.29, 1.82) is 0 Å². The number of rotatable bonds is 2. The number of benzene rings is 2. The minimum absolute atomic E-state index is 0.159. The van der Waals surface area contributed by atoms with Crippen molar-refractivity contribution >= 4 is 10.8 Å². The maximum atomic E-state index is 13.3. The Labute approximate surface area is 102 Å². The Morgan fingerprint density at radius 1 is 0.882 bits per heavy atom. The maximum Gasteiger partial charge on any atom is 0.123 e. The van der Waals surface area contributed by atoms with E-state index in [0.717, 1.165) is 5.39 Å². The van der Waals surface area contributed by atoms with Gasteiger partial charge in [0, 0.05) is 0 Å². The molecule has 0 saturated carbocycles. The molecule has 0 aliphatic heterocycles. The molecule has 2 rings (SSSR count). The molecule has 0 unspecified atom stereocenters. The van der Waals surface area contributed by atoms with Gasteiger partial charge in [0.15, 0.2) is 0 Å². The molecule has 90 valence electrons. The molecule has 1 heteroatoms. The van der Waals surface area contributed by atoms with Gasteiger partial charge < -0.3 is 0 Å². The van der Waals surface area contributed by atoms with E-state index in [1.165, 1.54) is 16.5 Å². The molecule has 17 heavy (non-hydrogen) atoms. The topological polar surface area (TPSA) is 0 Å². The molecule has 0 aliphatic rings. The minimum Gasteiger partial charge on any atom is -0.207 e. The first-order valence-electron chi connectivity index (χ1n) is 6.22. The van der Waals surface area contributed by atoms with E-state index < -0.39 is 0 Å². The van der Waals surface area contributed by atoms with Gasteiger partial charge in [-0.15, -0.1) is 0 Å². The molecule has 0 radical (unpaired) electrons. The molecule has 0 spiro atoms. The largest absolute Gasteiger partial charge is 0.207 e. The van der Waals surface area contributed by atoms with Crippen LogP contribution in [0.4, 0.5) is 4.39 Å². The lowest BCUT2D eigenvalue weighted by atomic mass is 9.90. The zero-order chi connectivity index (χ0) is 12.6. The highest BCUT2D eigenvalue weighted by molar-refractivity contribution is 5.87. The third kappa shape index (κ3) is 2.33. The van der Waals surface area contributed by atoms with Crippen molar-refractivity contribution in [2.75, 3.05) is 0 Å². The van der Waals surface area contributed by atoms with Crippen molar-refractivity contribution in [1.82, 2.24) is 0 Å². The van der Waals surface area contributed by atoms with Crippen molar-refractivity contribution in [3.05, 3.63) is 47.3 Å². The molecular weight excluding hydrogens is 211 g/mol. The van der Waals surface area contributed by atoms with Crippen molar-refractivity contribution in [3.63, 3.8) is 0 Å². The monoisotopic (exact) mass is 230 g/mol. The van der Waals surface area contributed by atoms with Gasteiger partial charge in [-0.3, -0.25) is 0 Å². The second-order valence-corrected chi connectivity index (χ2v) is 5.28. The van der Waals surface area contributed by atoms with Gasteiger partial charge in [-0.25, -0.2) is 4.39 Å². The van der Waals surface area contributed by atoms with Gasteiger partial charge in [0.2, 0.25) is 0 Å². The summed E-state index contributed by atoms with van der Waals surface area (Å²) in [5.74, 6) is 0.773. The van der Waals surface area contributed by atoms with E-state index in [-0.39, 0.29) is 5.82 Å². The summed E-state index contributed by atoms with van der Waals surface area (Å²) in [7, 11) is 0. The highest BCUT2D eigenvalue weighted by Crippen LogP contribution is 2.30. The minimum atomic E-state index is -0.159. The van der Waals surface area contributed by atoms with Crippen LogP contribution in [0.25, 0.3) is 10.8 Å². The molecule has 0 atom stereocenters. The van der Waals surface area contributed by atoms with Crippen LogP contribution < -0.4 is 0 Å². The summed E-state index contributed by atoms with van der Waals surface area (Å²) in [4.78, 5) is 0. The molecule has 0 fully saturated rings. The number of hydrogen-bond donors (Lipinski definition) is 0. The smallest absolute Gasteiger partial charge is 0.123 e. The number of fused-ring (bicyclic) bond motifs is 1. The van der Waals surface area contributed by atoms with Crippen molar-refractivity contribution in [3.8, 4) is 0 Å². The first-order chi connectivity index (χ1) is 7.99. The van der Waals surface area contributed by atoms with Crippen LogP contribution in [0.15, 0.2) is 30.3 Å². The van der Waals surface area contributed by atoms with Gasteiger partial charge in [0.25, 0.3) is 0 Å². The quantitative estimate of drug-likeness (QED) is 0.663. The Bertz CT molecular complexity index is 538. The van der Waals surface area contributed by atoms with Gasteiger partial charge in [0.1, 0.15) is 5.82 Å². The summed E-state index contributed by atoms with van der Waals surface area (Å²) in [6.07, 6.45) is 0. The molecule has 0 aliphatic carbocycles. The van der Waals surface area contributed by atoms with E-state index in [2.05, 4.69) is 39.8 Å². The fraction of sp³-hybridized carbons (Fsp3) is 0.375. The molecule has 0 saturated heterocycles. The molecule has 0 heterocycles. The summed E-state index contributed by atoms with van der Waals surface area (Å²) in [6.45, 7) is 8.71. The summed E-state index contributed by atoms with van der Waals surface area (Å²) < 4.78 is 13.3. The zero-order valence-corrected chi connectivity index (χ0v) is 10.9. The lowest BCUT2D eigenvalue weighted by Gasteiger charge is -2.15. The summed E-state index contributed by atoms with van der Waals surface area (Å²) in [6, 6.07) is 9.44. The van der Waals surface area contributed by atoms with Crippen LogP contribution in [0.5, 0.6) is 0 Å². The normalized spacial score (nSPS) is 11.7. The lowest BCUT2D eigenvalue weighted by Crippen LogP contribution is -1.95. The van der Waals surface area contributed by atoms with E-state index in [9.17, 15) is 4.39 Å². The molecule has 2 aromatic carbocycles. The Kier molecular flexibility index (Phi) is 3.19. The maximum absolute atomic E-state index is 13.3. The van der Waals surface area contributed by atoms with Gasteiger partial charge in [0.05, 0.1) is 0 Å². The van der Waals surface area contributed by atoms with Crippen LogP contribution in [-0.4, -0.2) is 0 Å². The van der Waals surface area contributed by atoms with Gasteiger partial charge in [-0.2, -0.15) is 0 Å². The molecule has 0 nitrogen and oxygen atoms in total. The average Bonchev–Trinajstić information content (AvgIpc) is 2.26. The van der Waals surface area contributed by atoms with Gasteiger partial charge in [-0.05, 0) is 45.9 Å². The molecule has 0 amide bonds. The fourth-order valence-corrected chi connectivity index (χ4v) is 2.21. The van der Waals surface area contributed by atoms with Crippen LogP contribution in [0.2, 0.25) is 0 Å².